The fraction of sp³-hybridized carbons (Fsp3) is 0.500. The molecular weight excluding hydrogens is 260 g/mol. The monoisotopic (exact) mass is 282 g/mol. The van der Waals surface area contributed by atoms with E-state index in [1.807, 2.05) is 12.3 Å². The first kappa shape index (κ1) is 12.9. The van der Waals surface area contributed by atoms with E-state index in [2.05, 4.69) is 28.5 Å². The third kappa shape index (κ3) is 2.69. The number of hydrogen-bond acceptors (Lipinski definition) is 3. The molecule has 110 valence electrons. The molecule has 2 aromatic rings. The van der Waals surface area contributed by atoms with E-state index in [-0.39, 0.29) is 0 Å². The predicted octanol–water partition coefficient (Wildman–Crippen LogP) is 4.09. The van der Waals surface area contributed by atoms with Crippen molar-refractivity contribution in [2.75, 3.05) is 19.0 Å². The lowest BCUT2D eigenvalue weighted by molar-refractivity contribution is 0.415. The highest BCUT2D eigenvalue weighted by molar-refractivity contribution is 5.92. The Morgan fingerprint density at radius 3 is 2.62 bits per heavy atom. The molecule has 2 aliphatic carbocycles. The van der Waals surface area contributed by atoms with E-state index in [0.29, 0.717) is 0 Å². The lowest BCUT2D eigenvalue weighted by Crippen LogP contribution is -2.18. The summed E-state index contributed by atoms with van der Waals surface area (Å²) in [6.45, 7) is 1.07. The number of ether oxygens (including phenoxy) is 1. The molecule has 0 unspecified atom stereocenters. The van der Waals surface area contributed by atoms with E-state index >= 15 is 0 Å². The summed E-state index contributed by atoms with van der Waals surface area (Å²) in [5.74, 6) is 4.67. The molecule has 0 saturated heterocycles. The van der Waals surface area contributed by atoms with Crippen LogP contribution in [-0.4, -0.2) is 18.6 Å². The van der Waals surface area contributed by atoms with Gasteiger partial charge in [-0.05, 0) is 67.0 Å². The van der Waals surface area contributed by atoms with Crippen LogP contribution in [0.3, 0.4) is 0 Å². The molecule has 0 atom stereocenters. The van der Waals surface area contributed by atoms with Gasteiger partial charge in [0.05, 0.1) is 7.11 Å². The molecule has 4 rings (SSSR count). The predicted molar refractivity (Wildman–Crippen MR) is 85.7 cm³/mol. The van der Waals surface area contributed by atoms with Gasteiger partial charge in [-0.15, -0.1) is 0 Å². The summed E-state index contributed by atoms with van der Waals surface area (Å²) in [5, 5.41) is 5.98. The van der Waals surface area contributed by atoms with E-state index < -0.39 is 0 Å². The number of fused-ring (bicyclic) bond motifs is 1. The standard InChI is InChI=1S/C18H22N2O/c1-21-15-7-6-14-8-9-19-18(16(14)10-15)20-11-17(12-2-3-12)13-4-5-13/h6-10,12-13,17H,2-5,11H2,1H3,(H,19,20). The zero-order valence-electron chi connectivity index (χ0n) is 12.5. The van der Waals surface area contributed by atoms with E-state index in [1.165, 1.54) is 31.1 Å². The second-order valence-electron chi connectivity index (χ2n) is 6.47. The van der Waals surface area contributed by atoms with Gasteiger partial charge in [0.1, 0.15) is 11.6 Å². The van der Waals surface area contributed by atoms with Gasteiger partial charge in [-0.1, -0.05) is 6.07 Å². The van der Waals surface area contributed by atoms with E-state index in [0.717, 1.165) is 41.3 Å². The van der Waals surface area contributed by atoms with Crippen molar-refractivity contribution in [2.45, 2.75) is 25.7 Å². The van der Waals surface area contributed by atoms with Gasteiger partial charge in [0.2, 0.25) is 0 Å². The maximum absolute atomic E-state index is 5.34. The summed E-state index contributed by atoms with van der Waals surface area (Å²) in [6, 6.07) is 8.23. The van der Waals surface area contributed by atoms with Crippen molar-refractivity contribution < 1.29 is 4.74 Å². The topological polar surface area (TPSA) is 34.1 Å². The molecule has 3 heteroatoms. The molecule has 0 spiro atoms. The first-order chi connectivity index (χ1) is 10.3. The van der Waals surface area contributed by atoms with Crippen LogP contribution in [0.2, 0.25) is 0 Å². The molecule has 0 amide bonds. The quantitative estimate of drug-likeness (QED) is 0.866. The fourth-order valence-electron chi connectivity index (χ4n) is 3.40. The molecule has 2 saturated carbocycles. The van der Waals surface area contributed by atoms with Crippen LogP contribution >= 0.6 is 0 Å². The van der Waals surface area contributed by atoms with Crippen LogP contribution in [0.25, 0.3) is 10.8 Å². The van der Waals surface area contributed by atoms with E-state index in [9.17, 15) is 0 Å². The first-order valence-corrected chi connectivity index (χ1v) is 8.02. The lowest BCUT2D eigenvalue weighted by Gasteiger charge is -2.17. The number of hydrogen-bond donors (Lipinski definition) is 1. The molecule has 21 heavy (non-hydrogen) atoms. The molecule has 2 fully saturated rings. The summed E-state index contributed by atoms with van der Waals surface area (Å²) in [5.41, 5.74) is 0. The smallest absolute Gasteiger partial charge is 0.133 e. The summed E-state index contributed by atoms with van der Waals surface area (Å²) in [6.07, 6.45) is 7.61. The van der Waals surface area contributed by atoms with Gasteiger partial charge < -0.3 is 10.1 Å². The Morgan fingerprint density at radius 2 is 1.95 bits per heavy atom. The van der Waals surface area contributed by atoms with Gasteiger partial charge in [-0.2, -0.15) is 0 Å². The molecule has 0 aliphatic heterocycles. The third-order valence-electron chi connectivity index (χ3n) is 4.93. The highest BCUT2D eigenvalue weighted by Crippen LogP contribution is 2.49. The van der Waals surface area contributed by atoms with Gasteiger partial charge in [0, 0.05) is 18.1 Å². The summed E-state index contributed by atoms with van der Waals surface area (Å²) in [4.78, 5) is 4.55. The number of rotatable bonds is 6. The zero-order chi connectivity index (χ0) is 14.2. The van der Waals surface area contributed by atoms with Crippen molar-refractivity contribution in [3.8, 4) is 5.75 Å². The Labute approximate surface area is 125 Å². The zero-order valence-corrected chi connectivity index (χ0v) is 12.5. The minimum atomic E-state index is 0.854. The second-order valence-corrected chi connectivity index (χ2v) is 6.47. The van der Waals surface area contributed by atoms with Crippen molar-refractivity contribution in [1.29, 1.82) is 0 Å². The number of nitrogens with zero attached hydrogens (tertiary/aromatic N) is 1. The minimum Gasteiger partial charge on any atom is -0.497 e. The van der Waals surface area contributed by atoms with Crippen molar-refractivity contribution in [3.05, 3.63) is 30.5 Å². The van der Waals surface area contributed by atoms with Crippen LogP contribution in [0.1, 0.15) is 25.7 Å². The fourth-order valence-corrected chi connectivity index (χ4v) is 3.40. The largest absolute Gasteiger partial charge is 0.497 e. The average molecular weight is 282 g/mol. The van der Waals surface area contributed by atoms with Crippen LogP contribution in [0.4, 0.5) is 5.82 Å². The van der Waals surface area contributed by atoms with Crippen molar-refractivity contribution in [1.82, 2.24) is 4.98 Å². The van der Waals surface area contributed by atoms with Crippen LogP contribution in [0, 0.1) is 17.8 Å². The SMILES string of the molecule is COc1ccc2ccnc(NCC(C3CC3)C3CC3)c2c1. The minimum absolute atomic E-state index is 0.854. The number of pyridine rings is 1. The summed E-state index contributed by atoms with van der Waals surface area (Å²) < 4.78 is 5.34. The molecule has 0 radical (unpaired) electrons. The molecule has 1 heterocycles. The molecule has 3 nitrogen and oxygen atoms in total. The highest BCUT2D eigenvalue weighted by atomic mass is 16.5. The maximum Gasteiger partial charge on any atom is 0.133 e. The van der Waals surface area contributed by atoms with Crippen molar-refractivity contribution in [2.24, 2.45) is 17.8 Å². The first-order valence-electron chi connectivity index (χ1n) is 8.02. The molecule has 2 aliphatic rings. The summed E-state index contributed by atoms with van der Waals surface area (Å²) in [7, 11) is 1.71. The molecular formula is C18H22N2O. The van der Waals surface area contributed by atoms with Gasteiger partial charge in [0.15, 0.2) is 0 Å². The van der Waals surface area contributed by atoms with Crippen LogP contribution in [0.5, 0.6) is 5.75 Å². The Morgan fingerprint density at radius 1 is 1.19 bits per heavy atom. The second kappa shape index (κ2) is 5.21. The number of benzene rings is 1. The van der Waals surface area contributed by atoms with Crippen LogP contribution < -0.4 is 10.1 Å². The van der Waals surface area contributed by atoms with Crippen LogP contribution in [-0.2, 0) is 0 Å². The number of anilines is 1. The number of methoxy groups -OCH3 is 1. The summed E-state index contributed by atoms with van der Waals surface area (Å²) >= 11 is 0. The van der Waals surface area contributed by atoms with Crippen LogP contribution in [0.15, 0.2) is 30.5 Å². The maximum atomic E-state index is 5.34. The number of nitrogens with one attached hydrogen (secondary N) is 1. The Hall–Kier alpha value is -1.77. The Balaban J connectivity index is 1.57. The van der Waals surface area contributed by atoms with E-state index in [4.69, 9.17) is 4.74 Å². The lowest BCUT2D eigenvalue weighted by atomic mass is 9.98. The van der Waals surface area contributed by atoms with E-state index in [1.54, 1.807) is 7.11 Å². The van der Waals surface area contributed by atoms with Gasteiger partial charge >= 0.3 is 0 Å². The van der Waals surface area contributed by atoms with Crippen molar-refractivity contribution >= 4 is 16.6 Å². The number of aromatic nitrogens is 1. The molecule has 1 N–H and O–H groups in total. The highest BCUT2D eigenvalue weighted by Gasteiger charge is 2.41. The third-order valence-corrected chi connectivity index (χ3v) is 4.93. The van der Waals surface area contributed by atoms with Crippen molar-refractivity contribution in [3.63, 3.8) is 0 Å². The normalized spacial score (nSPS) is 18.2. The molecule has 0 bridgehead atoms. The Bertz CT molecular complexity index is 635. The van der Waals surface area contributed by atoms with Gasteiger partial charge in [0.25, 0.3) is 0 Å². The van der Waals surface area contributed by atoms with Gasteiger partial charge in [-0.3, -0.25) is 0 Å². The van der Waals surface area contributed by atoms with Gasteiger partial charge in [-0.25, -0.2) is 4.98 Å². The molecule has 1 aromatic heterocycles. The Kier molecular flexibility index (Phi) is 3.21. The average Bonchev–Trinajstić information content (AvgIpc) is 3.40. The molecule has 1 aromatic carbocycles.